The Balaban J connectivity index is 1.83. The second-order valence-corrected chi connectivity index (χ2v) is 8.89. The highest BCUT2D eigenvalue weighted by atomic mass is 32.1. The number of aromatic hydroxyl groups is 1. The fourth-order valence-electron chi connectivity index (χ4n) is 4.56. The van der Waals surface area contributed by atoms with Gasteiger partial charge in [0.1, 0.15) is 0 Å². The molecule has 1 aliphatic heterocycles. The van der Waals surface area contributed by atoms with Crippen LogP contribution in [0.25, 0.3) is 0 Å². The maximum Gasteiger partial charge on any atom is 0.336 e. The lowest BCUT2D eigenvalue weighted by molar-refractivity contribution is -0.138. The van der Waals surface area contributed by atoms with Gasteiger partial charge in [0.2, 0.25) is 0 Å². The molecule has 1 aliphatic carbocycles. The van der Waals surface area contributed by atoms with E-state index in [0.29, 0.717) is 47.6 Å². The van der Waals surface area contributed by atoms with E-state index in [4.69, 9.17) is 9.47 Å². The molecule has 0 saturated carbocycles. The number of phenols is 1. The average molecular weight is 454 g/mol. The number of ketones is 1. The lowest BCUT2D eigenvalue weighted by Crippen LogP contribution is -2.36. The van der Waals surface area contributed by atoms with Gasteiger partial charge in [-0.2, -0.15) is 0 Å². The first-order valence-electron chi connectivity index (χ1n) is 10.8. The number of esters is 1. The molecule has 6 nitrogen and oxygen atoms in total. The van der Waals surface area contributed by atoms with Gasteiger partial charge in [-0.25, -0.2) is 4.79 Å². The topological polar surface area (TPSA) is 84.9 Å². The smallest absolute Gasteiger partial charge is 0.336 e. The van der Waals surface area contributed by atoms with Gasteiger partial charge in [-0.1, -0.05) is 12.1 Å². The first-order chi connectivity index (χ1) is 15.4. The summed E-state index contributed by atoms with van der Waals surface area (Å²) < 4.78 is 10.9. The standard InChI is InChI=1S/C25H27NO5S/c1-4-30-20-13-15(8-9-18(20)27)23-22(25(29)31-5-2)14(3)26-17-11-16(12-19(28)24(17)23)21-7-6-10-32-21/h6-10,13,16,23,26-27H,4-5,11-12H2,1-3H3. The molecule has 7 heteroatoms. The van der Waals surface area contributed by atoms with E-state index < -0.39 is 11.9 Å². The minimum absolute atomic E-state index is 0.0162. The lowest BCUT2D eigenvalue weighted by atomic mass is 9.72. The van der Waals surface area contributed by atoms with Gasteiger partial charge in [0.05, 0.1) is 18.8 Å². The number of nitrogens with one attached hydrogen (secondary N) is 1. The molecule has 32 heavy (non-hydrogen) atoms. The predicted molar refractivity (Wildman–Crippen MR) is 123 cm³/mol. The van der Waals surface area contributed by atoms with E-state index in [-0.39, 0.29) is 24.1 Å². The zero-order valence-corrected chi connectivity index (χ0v) is 19.3. The van der Waals surface area contributed by atoms with E-state index >= 15 is 0 Å². The molecule has 2 atom stereocenters. The largest absolute Gasteiger partial charge is 0.504 e. The highest BCUT2D eigenvalue weighted by molar-refractivity contribution is 7.10. The van der Waals surface area contributed by atoms with Crippen LogP contribution in [0.15, 0.2) is 58.3 Å². The molecule has 2 heterocycles. The van der Waals surface area contributed by atoms with E-state index in [1.165, 1.54) is 4.88 Å². The molecule has 0 bridgehead atoms. The first-order valence-corrected chi connectivity index (χ1v) is 11.7. The number of dihydropyridines is 1. The van der Waals surface area contributed by atoms with Gasteiger partial charge in [-0.05, 0) is 56.3 Å². The molecule has 1 aromatic carbocycles. The summed E-state index contributed by atoms with van der Waals surface area (Å²) in [6.07, 6.45) is 1.09. The zero-order valence-electron chi connectivity index (χ0n) is 18.4. The summed E-state index contributed by atoms with van der Waals surface area (Å²) in [5.74, 6) is -0.557. The van der Waals surface area contributed by atoms with E-state index in [1.54, 1.807) is 36.5 Å². The third-order valence-corrected chi connectivity index (χ3v) is 6.92. The predicted octanol–water partition coefficient (Wildman–Crippen LogP) is 4.78. The molecule has 2 aromatic rings. The number of thiophene rings is 1. The maximum absolute atomic E-state index is 13.5. The van der Waals surface area contributed by atoms with Gasteiger partial charge >= 0.3 is 5.97 Å². The van der Waals surface area contributed by atoms with Gasteiger partial charge in [0.15, 0.2) is 17.3 Å². The van der Waals surface area contributed by atoms with Crippen LogP contribution in [0.1, 0.15) is 55.9 Å². The van der Waals surface area contributed by atoms with Crippen molar-refractivity contribution in [3.05, 3.63) is 68.7 Å². The van der Waals surface area contributed by atoms with Gasteiger partial charge in [-0.3, -0.25) is 4.79 Å². The minimum atomic E-state index is -0.582. The Kier molecular flexibility index (Phi) is 6.37. The van der Waals surface area contributed by atoms with Crippen molar-refractivity contribution in [1.29, 1.82) is 0 Å². The molecule has 2 N–H and O–H groups in total. The van der Waals surface area contributed by atoms with Crippen LogP contribution in [0.3, 0.4) is 0 Å². The molecular formula is C25H27NO5S. The molecule has 0 spiro atoms. The summed E-state index contributed by atoms with van der Waals surface area (Å²) >= 11 is 1.66. The number of carbonyl (C=O) groups excluding carboxylic acids is 2. The second-order valence-electron chi connectivity index (χ2n) is 7.91. The number of carbonyl (C=O) groups is 2. The Morgan fingerprint density at radius 2 is 2.03 bits per heavy atom. The summed E-state index contributed by atoms with van der Waals surface area (Å²) in [7, 11) is 0. The van der Waals surface area contributed by atoms with Crippen LogP contribution in [0.4, 0.5) is 0 Å². The first kappa shape index (κ1) is 22.1. The number of Topliss-reactive ketones (excluding diaryl/α,β-unsaturated/α-hetero) is 1. The number of hydrogen-bond donors (Lipinski definition) is 2. The Morgan fingerprint density at radius 1 is 1.22 bits per heavy atom. The molecule has 1 aromatic heterocycles. The summed E-state index contributed by atoms with van der Waals surface area (Å²) in [6.45, 7) is 6.06. The number of allylic oxidation sites excluding steroid dienone is 3. The Morgan fingerprint density at radius 3 is 2.72 bits per heavy atom. The number of phenolic OH excluding ortho intramolecular Hbond substituents is 1. The van der Waals surface area contributed by atoms with E-state index in [2.05, 4.69) is 11.4 Å². The van der Waals surface area contributed by atoms with Crippen LogP contribution in [0.5, 0.6) is 11.5 Å². The third-order valence-electron chi connectivity index (χ3n) is 5.89. The van der Waals surface area contributed by atoms with E-state index in [0.717, 1.165) is 5.70 Å². The van der Waals surface area contributed by atoms with Crippen molar-refractivity contribution in [3.63, 3.8) is 0 Å². The summed E-state index contributed by atoms with van der Waals surface area (Å²) in [4.78, 5) is 27.6. The van der Waals surface area contributed by atoms with Crippen LogP contribution in [0, 0.1) is 0 Å². The van der Waals surface area contributed by atoms with E-state index in [9.17, 15) is 14.7 Å². The highest BCUT2D eigenvalue weighted by Gasteiger charge is 2.41. The number of rotatable bonds is 6. The Hall–Kier alpha value is -3.06. The Bertz CT molecular complexity index is 1100. The van der Waals surface area contributed by atoms with Crippen molar-refractivity contribution in [1.82, 2.24) is 5.32 Å². The highest BCUT2D eigenvalue weighted by Crippen LogP contribution is 2.47. The van der Waals surface area contributed by atoms with Gasteiger partial charge in [0, 0.05) is 40.1 Å². The third kappa shape index (κ3) is 4.05. The van der Waals surface area contributed by atoms with Crippen LogP contribution in [-0.4, -0.2) is 30.1 Å². The molecule has 4 rings (SSSR count). The van der Waals surface area contributed by atoms with Crippen molar-refractivity contribution < 1.29 is 24.2 Å². The summed E-state index contributed by atoms with van der Waals surface area (Å²) in [5, 5.41) is 15.5. The molecule has 0 saturated heterocycles. The molecule has 0 amide bonds. The maximum atomic E-state index is 13.5. The molecule has 0 radical (unpaired) electrons. The van der Waals surface area contributed by atoms with Crippen molar-refractivity contribution in [2.45, 2.75) is 45.4 Å². The Labute approximate surface area is 191 Å². The fraction of sp³-hybridized carbons (Fsp3) is 0.360. The normalized spacial score (nSPS) is 20.7. The van der Waals surface area contributed by atoms with Crippen LogP contribution >= 0.6 is 11.3 Å². The van der Waals surface area contributed by atoms with E-state index in [1.807, 2.05) is 25.3 Å². The lowest BCUT2D eigenvalue weighted by Gasteiger charge is -2.36. The van der Waals surface area contributed by atoms with Crippen LogP contribution in [-0.2, 0) is 14.3 Å². The van der Waals surface area contributed by atoms with Crippen molar-refractivity contribution in [2.24, 2.45) is 0 Å². The summed E-state index contributed by atoms with van der Waals surface area (Å²) in [5.41, 5.74) is 3.26. The second kappa shape index (κ2) is 9.20. The van der Waals surface area contributed by atoms with Gasteiger partial charge in [-0.15, -0.1) is 11.3 Å². The number of hydrogen-bond acceptors (Lipinski definition) is 7. The fourth-order valence-corrected chi connectivity index (χ4v) is 5.39. The number of ether oxygens (including phenoxy) is 2. The molecule has 2 aliphatic rings. The van der Waals surface area contributed by atoms with Crippen molar-refractivity contribution in [3.8, 4) is 11.5 Å². The molecule has 168 valence electrons. The van der Waals surface area contributed by atoms with Crippen molar-refractivity contribution >= 4 is 23.1 Å². The monoisotopic (exact) mass is 453 g/mol. The zero-order chi connectivity index (χ0) is 22.8. The quantitative estimate of drug-likeness (QED) is 0.613. The SMILES string of the molecule is CCOC(=O)C1=C(C)NC2=C(C(=O)CC(c3cccs3)C2)C1c1ccc(O)c(OCC)c1. The van der Waals surface area contributed by atoms with Crippen molar-refractivity contribution in [2.75, 3.05) is 13.2 Å². The molecule has 0 fully saturated rings. The molecule has 2 unspecified atom stereocenters. The minimum Gasteiger partial charge on any atom is -0.504 e. The number of benzene rings is 1. The van der Waals surface area contributed by atoms with Crippen LogP contribution < -0.4 is 10.1 Å². The van der Waals surface area contributed by atoms with Crippen LogP contribution in [0.2, 0.25) is 0 Å². The summed E-state index contributed by atoms with van der Waals surface area (Å²) in [6, 6.07) is 9.06. The average Bonchev–Trinajstić information content (AvgIpc) is 3.29. The van der Waals surface area contributed by atoms with Gasteiger partial charge in [0.25, 0.3) is 0 Å². The van der Waals surface area contributed by atoms with Gasteiger partial charge < -0.3 is 19.9 Å². The molecular weight excluding hydrogens is 426 g/mol.